The maximum Gasteiger partial charge on any atom is 0.439 e. The van der Waals surface area contributed by atoms with Crippen LogP contribution in [-0.4, -0.2) is 21.5 Å². The molecule has 0 saturated heterocycles. The Morgan fingerprint density at radius 2 is 2.06 bits per heavy atom. The predicted molar refractivity (Wildman–Crippen MR) is 62.1 cm³/mol. The molecule has 1 unspecified atom stereocenters. The summed E-state index contributed by atoms with van der Waals surface area (Å²) >= 11 is 5.51. The first-order valence-corrected chi connectivity index (χ1v) is 5.12. The van der Waals surface area contributed by atoms with Gasteiger partial charge in [0.15, 0.2) is 0 Å². The number of carbonyl (C=O) groups excluding carboxylic acids is 1. The van der Waals surface area contributed by atoms with Crippen molar-refractivity contribution in [2.75, 3.05) is 0 Å². The van der Waals surface area contributed by atoms with Gasteiger partial charge in [-0.2, -0.15) is 0 Å². The van der Waals surface area contributed by atoms with Gasteiger partial charge >= 0.3 is 6.09 Å². The highest BCUT2D eigenvalue weighted by molar-refractivity contribution is 6.20. The molecule has 96 valence electrons. The van der Waals surface area contributed by atoms with E-state index in [1.54, 1.807) is 0 Å². The molecule has 0 heterocycles. The van der Waals surface area contributed by atoms with E-state index >= 15 is 0 Å². The number of hydrogen-bond donors (Lipinski definition) is 0. The molecule has 8 nitrogen and oxygen atoms in total. The van der Waals surface area contributed by atoms with Crippen molar-refractivity contribution in [2.45, 2.75) is 12.4 Å². The summed E-state index contributed by atoms with van der Waals surface area (Å²) < 4.78 is 4.75. The first-order chi connectivity index (χ1) is 8.45. The summed E-state index contributed by atoms with van der Waals surface area (Å²) in [5, 5.41) is 13.2. The Bertz CT molecular complexity index is 462. The molecule has 0 aliphatic carbocycles. The fraction of sp³-hybridized carbons (Fsp3) is 0.222. The normalized spacial score (nSPS) is 11.4. The van der Waals surface area contributed by atoms with Gasteiger partial charge in [-0.15, -0.1) is 9.92 Å². The second-order valence-electron chi connectivity index (χ2n) is 3.12. The third kappa shape index (κ3) is 3.39. The molecular weight excluding hydrogens is 266 g/mol. The summed E-state index contributed by atoms with van der Waals surface area (Å²) in [4.78, 5) is 31.5. The van der Waals surface area contributed by atoms with Crippen molar-refractivity contribution in [1.29, 1.82) is 0 Å². The highest BCUT2D eigenvalue weighted by Gasteiger charge is 2.21. The lowest BCUT2D eigenvalue weighted by Crippen LogP contribution is -2.32. The minimum atomic E-state index is -1.07. The Morgan fingerprint density at radius 3 is 2.44 bits per heavy atom. The van der Waals surface area contributed by atoms with Gasteiger partial charge in [0.1, 0.15) is 11.3 Å². The van der Waals surface area contributed by atoms with Crippen LogP contribution in [0.5, 0.6) is 5.75 Å². The van der Waals surface area contributed by atoms with Crippen LogP contribution in [0.15, 0.2) is 29.6 Å². The highest BCUT2D eigenvalue weighted by Crippen LogP contribution is 2.18. The van der Waals surface area contributed by atoms with Gasteiger partial charge in [-0.3, -0.25) is 10.1 Å². The van der Waals surface area contributed by atoms with Crippen molar-refractivity contribution < 1.29 is 14.5 Å². The minimum Gasteiger partial charge on any atom is -0.409 e. The van der Waals surface area contributed by atoms with Gasteiger partial charge in [0.2, 0.25) is 0 Å². The van der Waals surface area contributed by atoms with Gasteiger partial charge in [0, 0.05) is 12.1 Å². The summed E-state index contributed by atoms with van der Waals surface area (Å²) in [6, 6.07) is 4.76. The molecular formula is C9H8ClN3O5. The zero-order valence-corrected chi connectivity index (χ0v) is 9.90. The lowest BCUT2D eigenvalue weighted by Gasteiger charge is -2.14. The molecule has 9 heteroatoms. The van der Waals surface area contributed by atoms with E-state index in [1.807, 2.05) is 0 Å². The summed E-state index contributed by atoms with van der Waals surface area (Å²) in [5.74, 6) is 0.0385. The van der Waals surface area contributed by atoms with Gasteiger partial charge in [0.25, 0.3) is 5.69 Å². The molecule has 0 aliphatic rings. The molecule has 0 spiro atoms. The van der Waals surface area contributed by atoms with E-state index in [0.29, 0.717) is 5.01 Å². The number of non-ortho nitro benzene ring substituents is 1. The van der Waals surface area contributed by atoms with Crippen molar-refractivity contribution in [1.82, 2.24) is 5.01 Å². The molecule has 0 bridgehead atoms. The molecule has 1 aromatic rings. The Morgan fingerprint density at radius 1 is 1.50 bits per heavy atom. The van der Waals surface area contributed by atoms with Crippen LogP contribution in [0, 0.1) is 15.0 Å². The second kappa shape index (κ2) is 5.92. The van der Waals surface area contributed by atoms with Crippen LogP contribution in [-0.2, 0) is 0 Å². The van der Waals surface area contributed by atoms with E-state index < -0.39 is 16.5 Å². The van der Waals surface area contributed by atoms with Crippen LogP contribution in [0.3, 0.4) is 0 Å². The molecule has 1 amide bonds. The van der Waals surface area contributed by atoms with E-state index in [2.05, 4.69) is 5.29 Å². The van der Waals surface area contributed by atoms with Crippen LogP contribution in [0.25, 0.3) is 0 Å². The quantitative estimate of drug-likeness (QED) is 0.276. The van der Waals surface area contributed by atoms with E-state index in [1.165, 1.54) is 19.1 Å². The molecule has 0 fully saturated rings. The summed E-state index contributed by atoms with van der Waals surface area (Å²) in [5.41, 5.74) is -1.11. The molecule has 0 N–H and O–H groups in total. The van der Waals surface area contributed by atoms with Gasteiger partial charge in [-0.05, 0) is 19.1 Å². The van der Waals surface area contributed by atoms with Crippen LogP contribution in [0.4, 0.5) is 10.5 Å². The number of nitroso groups, excluding NO2 is 1. The zero-order chi connectivity index (χ0) is 13.7. The van der Waals surface area contributed by atoms with Gasteiger partial charge < -0.3 is 4.74 Å². The lowest BCUT2D eigenvalue weighted by atomic mass is 10.3. The topological polar surface area (TPSA) is 102 Å². The molecule has 0 radical (unpaired) electrons. The molecule has 0 aromatic heterocycles. The lowest BCUT2D eigenvalue weighted by molar-refractivity contribution is -0.384. The number of amides is 1. The van der Waals surface area contributed by atoms with E-state index in [4.69, 9.17) is 16.3 Å². The molecule has 0 saturated carbocycles. The number of nitro groups is 1. The van der Waals surface area contributed by atoms with Gasteiger partial charge in [-0.25, -0.2) is 4.79 Å². The smallest absolute Gasteiger partial charge is 0.409 e. The Kier molecular flexibility index (Phi) is 4.55. The van der Waals surface area contributed by atoms with Crippen molar-refractivity contribution in [2.24, 2.45) is 5.29 Å². The summed E-state index contributed by atoms with van der Waals surface area (Å²) in [7, 11) is 0. The molecule has 1 atom stereocenters. The van der Waals surface area contributed by atoms with E-state index in [-0.39, 0.29) is 11.4 Å². The largest absolute Gasteiger partial charge is 0.439 e. The molecule has 0 aliphatic heterocycles. The monoisotopic (exact) mass is 273 g/mol. The maximum absolute atomic E-state index is 11.4. The van der Waals surface area contributed by atoms with E-state index in [0.717, 1.165) is 12.1 Å². The SMILES string of the molecule is CC(Cl)N(N=O)C(=O)Oc1ccc([N+](=O)[O-])cc1. The first kappa shape index (κ1) is 13.8. The number of nitro benzene ring substituents is 1. The van der Waals surface area contributed by atoms with Gasteiger partial charge in [0.05, 0.1) is 10.2 Å². The Hall–Kier alpha value is -2.22. The number of alkyl halides is 1. The average molecular weight is 274 g/mol. The van der Waals surface area contributed by atoms with Crippen molar-refractivity contribution in [3.63, 3.8) is 0 Å². The number of nitrogens with zero attached hydrogens (tertiary/aromatic N) is 3. The van der Waals surface area contributed by atoms with Crippen LogP contribution >= 0.6 is 11.6 Å². The zero-order valence-electron chi connectivity index (χ0n) is 9.15. The highest BCUT2D eigenvalue weighted by atomic mass is 35.5. The number of benzene rings is 1. The van der Waals surface area contributed by atoms with Gasteiger partial charge in [-0.1, -0.05) is 11.6 Å². The average Bonchev–Trinajstić information content (AvgIpc) is 2.29. The van der Waals surface area contributed by atoms with Crippen molar-refractivity contribution in [3.05, 3.63) is 39.3 Å². The third-order valence-electron chi connectivity index (χ3n) is 1.86. The second-order valence-corrected chi connectivity index (χ2v) is 3.75. The third-order valence-corrected chi connectivity index (χ3v) is 2.05. The number of halogens is 1. The van der Waals surface area contributed by atoms with Crippen LogP contribution < -0.4 is 4.74 Å². The van der Waals surface area contributed by atoms with E-state index in [9.17, 15) is 19.8 Å². The summed E-state index contributed by atoms with van der Waals surface area (Å²) in [6.07, 6.45) is -1.07. The standard InChI is InChI=1S/C9H8ClN3O5/c1-6(10)12(11-15)9(14)18-8-4-2-7(3-5-8)13(16)17/h2-6H,1H3. The number of ether oxygens (including phenoxy) is 1. The Labute approximate surface area is 106 Å². The maximum atomic E-state index is 11.4. The number of carbonyl (C=O) groups is 1. The Balaban J connectivity index is 2.75. The molecule has 1 rings (SSSR count). The van der Waals surface area contributed by atoms with Crippen LogP contribution in [0.1, 0.15) is 6.92 Å². The fourth-order valence-electron chi connectivity index (χ4n) is 1.03. The van der Waals surface area contributed by atoms with Crippen molar-refractivity contribution in [3.8, 4) is 5.75 Å². The van der Waals surface area contributed by atoms with Crippen molar-refractivity contribution >= 4 is 23.4 Å². The minimum absolute atomic E-state index is 0.0385. The molecule has 18 heavy (non-hydrogen) atoms. The summed E-state index contributed by atoms with van der Waals surface area (Å²) in [6.45, 7) is 1.36. The molecule has 1 aromatic carbocycles. The first-order valence-electron chi connectivity index (χ1n) is 4.68. The number of rotatable bonds is 4. The fourth-order valence-corrected chi connectivity index (χ4v) is 1.14. The number of hydrogen-bond acceptors (Lipinski definition) is 6. The predicted octanol–water partition coefficient (Wildman–Crippen LogP) is 2.66. The van der Waals surface area contributed by atoms with Crippen LogP contribution in [0.2, 0.25) is 0 Å².